The molecule has 0 atom stereocenters. The molecular weight excluding hydrogens is 165 g/mol. The molecule has 0 radical (unpaired) electrons. The molecule has 1 fully saturated rings. The van der Waals surface area contributed by atoms with Crippen LogP contribution in [0.1, 0.15) is 24.8 Å². The fraction of sp³-hybridized carbons (Fsp3) is 0.455. The summed E-state index contributed by atoms with van der Waals surface area (Å²) < 4.78 is 13.2. The summed E-state index contributed by atoms with van der Waals surface area (Å²) >= 11 is 0. The molecule has 2 N–H and O–H groups in total. The third-order valence-electron chi connectivity index (χ3n) is 2.59. The molecule has 0 unspecified atom stereocenters. The number of benzene rings is 1. The van der Waals surface area contributed by atoms with Crippen LogP contribution in [-0.2, 0) is 6.42 Å². The Morgan fingerprint density at radius 1 is 1.38 bits per heavy atom. The molecule has 1 nitrogen and oxygen atoms in total. The number of nitrogen functional groups attached to an aromatic ring is 1. The summed E-state index contributed by atoms with van der Waals surface area (Å²) in [6.07, 6.45) is 4.59. The van der Waals surface area contributed by atoms with Gasteiger partial charge in [0, 0.05) is 5.69 Å². The summed E-state index contributed by atoms with van der Waals surface area (Å²) in [5, 5.41) is 0. The van der Waals surface area contributed by atoms with Crippen LogP contribution < -0.4 is 5.73 Å². The van der Waals surface area contributed by atoms with Gasteiger partial charge in [0.2, 0.25) is 0 Å². The average Bonchev–Trinajstić information content (AvgIpc) is 2.90. The number of halogens is 1. The zero-order valence-corrected chi connectivity index (χ0v) is 7.59. The minimum atomic E-state index is -0.116. The molecule has 70 valence electrons. The molecule has 1 saturated carbocycles. The van der Waals surface area contributed by atoms with Crippen LogP contribution >= 0.6 is 0 Å². The van der Waals surface area contributed by atoms with E-state index >= 15 is 0 Å². The van der Waals surface area contributed by atoms with Gasteiger partial charge in [-0.15, -0.1) is 0 Å². The maximum Gasteiger partial charge on any atom is 0.126 e. The highest BCUT2D eigenvalue weighted by atomic mass is 19.1. The number of aryl methyl sites for hydroxylation is 1. The Hall–Kier alpha value is -1.05. The molecule has 2 rings (SSSR count). The van der Waals surface area contributed by atoms with E-state index in [2.05, 4.69) is 0 Å². The summed E-state index contributed by atoms with van der Waals surface area (Å²) in [5.41, 5.74) is 7.01. The predicted octanol–water partition coefficient (Wildman–Crippen LogP) is 2.75. The van der Waals surface area contributed by atoms with Gasteiger partial charge < -0.3 is 5.73 Å². The number of anilines is 1. The highest BCUT2D eigenvalue weighted by Gasteiger charge is 2.21. The van der Waals surface area contributed by atoms with E-state index in [9.17, 15) is 4.39 Å². The van der Waals surface area contributed by atoms with Gasteiger partial charge in [0.15, 0.2) is 0 Å². The minimum Gasteiger partial charge on any atom is -0.399 e. The first-order valence-corrected chi connectivity index (χ1v) is 4.79. The smallest absolute Gasteiger partial charge is 0.126 e. The Morgan fingerprint density at radius 2 is 2.15 bits per heavy atom. The standard InChI is InChI=1S/C11H14FN/c12-11-6-5-10(13)7-9(11)4-3-8-1-2-8/h5-8H,1-4,13H2. The number of hydrogen-bond donors (Lipinski definition) is 1. The minimum absolute atomic E-state index is 0.116. The second-order valence-corrected chi connectivity index (χ2v) is 3.83. The van der Waals surface area contributed by atoms with E-state index in [-0.39, 0.29) is 5.82 Å². The molecule has 1 aliphatic rings. The number of rotatable bonds is 3. The summed E-state index contributed by atoms with van der Waals surface area (Å²) in [6, 6.07) is 4.81. The van der Waals surface area contributed by atoms with Crippen LogP contribution in [0.2, 0.25) is 0 Å². The van der Waals surface area contributed by atoms with Crippen molar-refractivity contribution >= 4 is 5.69 Å². The van der Waals surface area contributed by atoms with Crippen molar-refractivity contribution in [3.05, 3.63) is 29.6 Å². The molecule has 0 amide bonds. The van der Waals surface area contributed by atoms with Crippen molar-refractivity contribution in [1.29, 1.82) is 0 Å². The third-order valence-corrected chi connectivity index (χ3v) is 2.59. The van der Waals surface area contributed by atoms with Crippen LogP contribution in [0.4, 0.5) is 10.1 Å². The van der Waals surface area contributed by atoms with Crippen molar-refractivity contribution in [1.82, 2.24) is 0 Å². The highest BCUT2D eigenvalue weighted by molar-refractivity contribution is 5.41. The molecule has 0 bridgehead atoms. The van der Waals surface area contributed by atoms with Crippen LogP contribution in [-0.4, -0.2) is 0 Å². The van der Waals surface area contributed by atoms with Gasteiger partial charge in [-0.1, -0.05) is 12.8 Å². The number of hydrogen-bond acceptors (Lipinski definition) is 1. The zero-order valence-electron chi connectivity index (χ0n) is 7.59. The van der Waals surface area contributed by atoms with Gasteiger partial charge in [-0.3, -0.25) is 0 Å². The van der Waals surface area contributed by atoms with Crippen molar-refractivity contribution in [3.8, 4) is 0 Å². The largest absolute Gasteiger partial charge is 0.399 e. The van der Waals surface area contributed by atoms with Gasteiger partial charge in [-0.25, -0.2) is 4.39 Å². The molecule has 0 aromatic heterocycles. The van der Waals surface area contributed by atoms with Gasteiger partial charge in [-0.2, -0.15) is 0 Å². The molecule has 0 heterocycles. The summed E-state index contributed by atoms with van der Waals surface area (Å²) in [7, 11) is 0. The number of nitrogens with two attached hydrogens (primary N) is 1. The normalized spacial score (nSPS) is 16.1. The van der Waals surface area contributed by atoms with Crippen molar-refractivity contribution in [2.45, 2.75) is 25.7 Å². The maximum absolute atomic E-state index is 13.2. The van der Waals surface area contributed by atoms with Crippen LogP contribution in [0.3, 0.4) is 0 Å². The Labute approximate surface area is 77.8 Å². The van der Waals surface area contributed by atoms with E-state index in [0.29, 0.717) is 5.69 Å². The predicted molar refractivity (Wildman–Crippen MR) is 51.9 cm³/mol. The van der Waals surface area contributed by atoms with Gasteiger partial charge in [-0.05, 0) is 42.5 Å². The van der Waals surface area contributed by atoms with Crippen LogP contribution in [0.5, 0.6) is 0 Å². The molecule has 0 spiro atoms. The lowest BCUT2D eigenvalue weighted by molar-refractivity contribution is 0.598. The monoisotopic (exact) mass is 179 g/mol. The molecular formula is C11H14FN. The quantitative estimate of drug-likeness (QED) is 0.709. The first-order chi connectivity index (χ1) is 6.25. The zero-order chi connectivity index (χ0) is 9.26. The SMILES string of the molecule is Nc1ccc(F)c(CCC2CC2)c1. The van der Waals surface area contributed by atoms with Gasteiger partial charge >= 0.3 is 0 Å². The maximum atomic E-state index is 13.2. The van der Waals surface area contributed by atoms with E-state index in [1.165, 1.54) is 18.9 Å². The Kier molecular flexibility index (Phi) is 2.21. The Bertz CT molecular complexity index is 305. The van der Waals surface area contributed by atoms with Crippen LogP contribution in [0, 0.1) is 11.7 Å². The van der Waals surface area contributed by atoms with Crippen LogP contribution in [0.15, 0.2) is 18.2 Å². The molecule has 13 heavy (non-hydrogen) atoms. The molecule has 0 aliphatic heterocycles. The third kappa shape index (κ3) is 2.20. The first-order valence-electron chi connectivity index (χ1n) is 4.79. The van der Waals surface area contributed by atoms with E-state index < -0.39 is 0 Å². The lowest BCUT2D eigenvalue weighted by Crippen LogP contribution is -1.94. The molecule has 1 aliphatic carbocycles. The van der Waals surface area contributed by atoms with Crippen molar-refractivity contribution in [2.75, 3.05) is 5.73 Å². The van der Waals surface area contributed by atoms with Gasteiger partial charge in [0.05, 0.1) is 0 Å². The van der Waals surface area contributed by atoms with Crippen molar-refractivity contribution in [2.24, 2.45) is 5.92 Å². The van der Waals surface area contributed by atoms with E-state index in [1.807, 2.05) is 0 Å². The lowest BCUT2D eigenvalue weighted by Gasteiger charge is -2.03. The topological polar surface area (TPSA) is 26.0 Å². The summed E-state index contributed by atoms with van der Waals surface area (Å²) in [5.74, 6) is 0.732. The molecule has 2 heteroatoms. The fourth-order valence-corrected chi connectivity index (χ4v) is 1.55. The van der Waals surface area contributed by atoms with E-state index in [4.69, 9.17) is 5.73 Å². The van der Waals surface area contributed by atoms with E-state index in [0.717, 1.165) is 24.3 Å². The van der Waals surface area contributed by atoms with Gasteiger partial charge in [0.25, 0.3) is 0 Å². The summed E-state index contributed by atoms with van der Waals surface area (Å²) in [6.45, 7) is 0. The second kappa shape index (κ2) is 3.36. The fourth-order valence-electron chi connectivity index (χ4n) is 1.55. The van der Waals surface area contributed by atoms with Crippen molar-refractivity contribution in [3.63, 3.8) is 0 Å². The Balaban J connectivity index is 2.03. The van der Waals surface area contributed by atoms with Gasteiger partial charge in [0.1, 0.15) is 5.82 Å². The molecule has 1 aromatic rings. The second-order valence-electron chi connectivity index (χ2n) is 3.83. The van der Waals surface area contributed by atoms with Crippen molar-refractivity contribution < 1.29 is 4.39 Å². The Morgan fingerprint density at radius 3 is 2.85 bits per heavy atom. The molecule has 0 saturated heterocycles. The van der Waals surface area contributed by atoms with E-state index in [1.54, 1.807) is 12.1 Å². The summed E-state index contributed by atoms with van der Waals surface area (Å²) in [4.78, 5) is 0. The molecule has 1 aromatic carbocycles. The lowest BCUT2D eigenvalue weighted by atomic mass is 10.1. The highest BCUT2D eigenvalue weighted by Crippen LogP contribution is 2.33. The first kappa shape index (κ1) is 8.54. The average molecular weight is 179 g/mol. The van der Waals surface area contributed by atoms with Crippen LogP contribution in [0.25, 0.3) is 0 Å².